The van der Waals surface area contributed by atoms with Crippen molar-refractivity contribution in [2.75, 3.05) is 19.6 Å². The van der Waals surface area contributed by atoms with Crippen LogP contribution >= 0.6 is 0 Å². The van der Waals surface area contributed by atoms with Gasteiger partial charge in [-0.3, -0.25) is 9.59 Å². The molecule has 0 radical (unpaired) electrons. The van der Waals surface area contributed by atoms with E-state index >= 15 is 0 Å². The maximum Gasteiger partial charge on any atom is 0.253 e. The van der Waals surface area contributed by atoms with Crippen molar-refractivity contribution in [3.8, 4) is 6.07 Å². The highest BCUT2D eigenvalue weighted by atomic mass is 16.2. The Balaban J connectivity index is 1.69. The van der Waals surface area contributed by atoms with Gasteiger partial charge in [0, 0.05) is 31.7 Å². The van der Waals surface area contributed by atoms with Crippen LogP contribution in [-0.2, 0) is 11.3 Å². The molecule has 2 aromatic carbocycles. The number of hydrogen-bond donors (Lipinski definition) is 0. The first-order valence-corrected chi connectivity index (χ1v) is 10.3. The van der Waals surface area contributed by atoms with Gasteiger partial charge in [0.25, 0.3) is 5.91 Å². The van der Waals surface area contributed by atoms with E-state index < -0.39 is 0 Å². The fraction of sp³-hybridized carbons (Fsp3) is 0.320. The maximum atomic E-state index is 13.3. The molecule has 1 saturated heterocycles. The Hall–Kier alpha value is -3.39. The summed E-state index contributed by atoms with van der Waals surface area (Å²) in [4.78, 5) is 29.7. The van der Waals surface area contributed by atoms with E-state index in [1.54, 1.807) is 28.0 Å². The Bertz CT molecular complexity index is 942. The minimum Gasteiger partial charge on any atom is -0.338 e. The number of nitriles is 1. The van der Waals surface area contributed by atoms with Crippen molar-refractivity contribution in [3.63, 3.8) is 0 Å². The summed E-state index contributed by atoms with van der Waals surface area (Å²) in [5.41, 5.74) is 3.33. The third-order valence-corrected chi connectivity index (χ3v) is 5.47. The number of benzene rings is 2. The van der Waals surface area contributed by atoms with E-state index in [9.17, 15) is 9.59 Å². The fourth-order valence-corrected chi connectivity index (χ4v) is 3.79. The fourth-order valence-electron chi connectivity index (χ4n) is 3.79. The minimum absolute atomic E-state index is 0.0186. The number of hydrogen-bond acceptors (Lipinski definition) is 3. The average Bonchev–Trinajstić information content (AvgIpc) is 2.79. The van der Waals surface area contributed by atoms with E-state index in [-0.39, 0.29) is 17.7 Å². The summed E-state index contributed by atoms with van der Waals surface area (Å²) in [5, 5.41) is 8.96. The summed E-state index contributed by atoms with van der Waals surface area (Å²) < 4.78 is 0. The zero-order chi connectivity index (χ0) is 21.5. The number of amides is 2. The second kappa shape index (κ2) is 9.89. The van der Waals surface area contributed by atoms with Crippen LogP contribution in [0.15, 0.2) is 61.2 Å². The molecule has 154 valence electrons. The van der Waals surface area contributed by atoms with Crippen molar-refractivity contribution in [1.29, 1.82) is 5.26 Å². The van der Waals surface area contributed by atoms with Gasteiger partial charge in [0.05, 0.1) is 17.6 Å². The maximum absolute atomic E-state index is 13.3. The summed E-state index contributed by atoms with van der Waals surface area (Å²) in [6, 6.07) is 16.9. The van der Waals surface area contributed by atoms with Crippen molar-refractivity contribution < 1.29 is 9.59 Å². The monoisotopic (exact) mass is 401 g/mol. The van der Waals surface area contributed by atoms with E-state index in [1.165, 1.54) is 0 Å². The second-order valence-electron chi connectivity index (χ2n) is 7.77. The average molecular weight is 402 g/mol. The molecule has 1 aliphatic rings. The minimum atomic E-state index is -0.216. The van der Waals surface area contributed by atoms with Gasteiger partial charge in [0.1, 0.15) is 0 Å². The molecule has 1 fully saturated rings. The summed E-state index contributed by atoms with van der Waals surface area (Å²) in [5.74, 6) is -0.193. The molecule has 1 unspecified atom stereocenters. The zero-order valence-corrected chi connectivity index (χ0v) is 17.4. The molecule has 3 rings (SSSR count). The molecule has 0 saturated carbocycles. The van der Waals surface area contributed by atoms with Crippen LogP contribution < -0.4 is 0 Å². The predicted molar refractivity (Wildman–Crippen MR) is 117 cm³/mol. The van der Waals surface area contributed by atoms with E-state index in [1.807, 2.05) is 43.3 Å². The second-order valence-corrected chi connectivity index (χ2v) is 7.77. The lowest BCUT2D eigenvalue weighted by atomic mass is 9.95. The molecule has 1 heterocycles. The Morgan fingerprint density at radius 3 is 2.53 bits per heavy atom. The molecular weight excluding hydrogens is 374 g/mol. The summed E-state index contributed by atoms with van der Waals surface area (Å²) >= 11 is 0. The third-order valence-electron chi connectivity index (χ3n) is 5.47. The number of carbonyl (C=O) groups excluding carboxylic acids is 2. The number of nitrogens with zero attached hydrogens (tertiary/aromatic N) is 3. The van der Waals surface area contributed by atoms with Gasteiger partial charge in [0.15, 0.2) is 0 Å². The number of carbonyl (C=O) groups is 2. The highest BCUT2D eigenvalue weighted by molar-refractivity contribution is 5.94. The number of rotatable bonds is 6. The normalized spacial score (nSPS) is 15.9. The number of likely N-dealkylation sites (tertiary alicyclic amines) is 1. The topological polar surface area (TPSA) is 64.4 Å². The quantitative estimate of drug-likeness (QED) is 0.689. The van der Waals surface area contributed by atoms with E-state index in [0.29, 0.717) is 37.3 Å². The molecule has 0 N–H and O–H groups in total. The van der Waals surface area contributed by atoms with Crippen LogP contribution in [0.4, 0.5) is 0 Å². The highest BCUT2D eigenvalue weighted by Gasteiger charge is 2.31. The van der Waals surface area contributed by atoms with Gasteiger partial charge in [-0.15, -0.1) is 6.58 Å². The van der Waals surface area contributed by atoms with E-state index in [2.05, 4.69) is 12.6 Å². The van der Waals surface area contributed by atoms with Crippen LogP contribution in [0.1, 0.15) is 39.9 Å². The molecule has 2 aromatic rings. The third kappa shape index (κ3) is 5.15. The first-order chi connectivity index (χ1) is 14.5. The molecule has 1 atom stereocenters. The zero-order valence-electron chi connectivity index (χ0n) is 17.4. The van der Waals surface area contributed by atoms with Gasteiger partial charge in [-0.2, -0.15) is 5.26 Å². The van der Waals surface area contributed by atoms with Gasteiger partial charge in [-0.1, -0.05) is 35.9 Å². The van der Waals surface area contributed by atoms with Gasteiger partial charge in [-0.05, 0) is 49.6 Å². The standard InChI is InChI=1S/C25H27N3O2/c1-3-14-27(17-21-10-8-20(16-26)9-11-21)25(30)23-5-4-15-28(18-23)24(29)22-12-6-19(2)7-13-22/h3,6-13,23H,1,4-5,14-15,17-18H2,2H3. The van der Waals surface area contributed by atoms with Crippen LogP contribution in [0.3, 0.4) is 0 Å². The van der Waals surface area contributed by atoms with Crippen LogP contribution in [0.25, 0.3) is 0 Å². The van der Waals surface area contributed by atoms with Crippen molar-refractivity contribution >= 4 is 11.8 Å². The van der Waals surface area contributed by atoms with Crippen LogP contribution in [0.5, 0.6) is 0 Å². The van der Waals surface area contributed by atoms with Crippen LogP contribution in [0.2, 0.25) is 0 Å². The molecule has 2 amide bonds. The van der Waals surface area contributed by atoms with Crippen molar-refractivity contribution in [3.05, 3.63) is 83.4 Å². The van der Waals surface area contributed by atoms with Crippen LogP contribution in [0, 0.1) is 24.2 Å². The van der Waals surface area contributed by atoms with Crippen molar-refractivity contribution in [1.82, 2.24) is 9.80 Å². The van der Waals surface area contributed by atoms with Crippen LogP contribution in [-0.4, -0.2) is 41.2 Å². The molecule has 0 aromatic heterocycles. The van der Waals surface area contributed by atoms with Crippen molar-refractivity contribution in [2.24, 2.45) is 5.92 Å². The molecule has 0 bridgehead atoms. The number of piperidine rings is 1. The van der Waals surface area contributed by atoms with E-state index in [4.69, 9.17) is 5.26 Å². The predicted octanol–water partition coefficient (Wildman–Crippen LogP) is 3.93. The molecule has 30 heavy (non-hydrogen) atoms. The Morgan fingerprint density at radius 1 is 1.20 bits per heavy atom. The van der Waals surface area contributed by atoms with Gasteiger partial charge < -0.3 is 9.80 Å². The molecular formula is C25H27N3O2. The summed E-state index contributed by atoms with van der Waals surface area (Å²) in [6.07, 6.45) is 3.31. The Labute approximate surface area is 178 Å². The Kier molecular flexibility index (Phi) is 7.03. The lowest BCUT2D eigenvalue weighted by Gasteiger charge is -2.35. The summed E-state index contributed by atoms with van der Waals surface area (Å²) in [7, 11) is 0. The first-order valence-electron chi connectivity index (χ1n) is 10.3. The molecule has 0 spiro atoms. The largest absolute Gasteiger partial charge is 0.338 e. The van der Waals surface area contributed by atoms with Gasteiger partial charge in [-0.25, -0.2) is 0 Å². The van der Waals surface area contributed by atoms with Crippen molar-refractivity contribution in [2.45, 2.75) is 26.3 Å². The molecule has 1 aliphatic heterocycles. The van der Waals surface area contributed by atoms with E-state index in [0.717, 1.165) is 24.0 Å². The highest BCUT2D eigenvalue weighted by Crippen LogP contribution is 2.22. The molecule has 0 aliphatic carbocycles. The lowest BCUT2D eigenvalue weighted by Crippen LogP contribution is -2.46. The lowest BCUT2D eigenvalue weighted by molar-refractivity contribution is -0.137. The SMILES string of the molecule is C=CCN(Cc1ccc(C#N)cc1)C(=O)C1CCCN(C(=O)c2ccc(C)cc2)C1. The van der Waals surface area contributed by atoms with Gasteiger partial charge in [0.2, 0.25) is 5.91 Å². The smallest absolute Gasteiger partial charge is 0.253 e. The Morgan fingerprint density at radius 2 is 1.90 bits per heavy atom. The first kappa shape index (κ1) is 21.3. The number of aryl methyl sites for hydroxylation is 1. The summed E-state index contributed by atoms with van der Waals surface area (Å²) in [6.45, 7) is 7.79. The molecule has 5 nitrogen and oxygen atoms in total. The van der Waals surface area contributed by atoms with Gasteiger partial charge >= 0.3 is 0 Å². The molecule has 5 heteroatoms.